The van der Waals surface area contributed by atoms with E-state index in [2.05, 4.69) is 0 Å². The molecule has 76 valence electrons. The van der Waals surface area contributed by atoms with Crippen molar-refractivity contribution in [1.29, 1.82) is 0 Å². The number of benzene rings is 1. The van der Waals surface area contributed by atoms with E-state index in [1.807, 2.05) is 0 Å². The summed E-state index contributed by atoms with van der Waals surface area (Å²) in [6, 6.07) is 5.13. The second-order valence-corrected chi connectivity index (χ2v) is 4.28. The van der Waals surface area contributed by atoms with Gasteiger partial charge in [-0.1, -0.05) is 23.2 Å². The first-order chi connectivity index (χ1) is 6.65. The fourth-order valence-corrected chi connectivity index (χ4v) is 1.84. The number of halogens is 2. The Kier molecular flexibility index (Phi) is 2.86. The molecule has 2 nitrogen and oxygen atoms in total. The van der Waals surface area contributed by atoms with Crippen molar-refractivity contribution >= 4 is 23.2 Å². The van der Waals surface area contributed by atoms with Crippen molar-refractivity contribution in [2.75, 3.05) is 0 Å². The summed E-state index contributed by atoms with van der Waals surface area (Å²) in [7, 11) is 0. The molecule has 1 N–H and O–H groups in total. The second kappa shape index (κ2) is 3.97. The predicted octanol–water partition coefficient (Wildman–Crippen LogP) is 2.90. The van der Waals surface area contributed by atoms with E-state index >= 15 is 0 Å². The van der Waals surface area contributed by atoms with Crippen molar-refractivity contribution in [2.45, 2.75) is 25.0 Å². The lowest BCUT2D eigenvalue weighted by Gasteiger charge is -2.31. The lowest BCUT2D eigenvalue weighted by molar-refractivity contribution is -0.0107. The molecule has 1 aliphatic rings. The number of ether oxygens (including phenoxy) is 1. The molecule has 0 amide bonds. The third-order valence-electron chi connectivity index (χ3n) is 2.26. The van der Waals surface area contributed by atoms with Gasteiger partial charge in [-0.05, 0) is 18.2 Å². The fourth-order valence-electron chi connectivity index (χ4n) is 1.38. The van der Waals surface area contributed by atoms with Gasteiger partial charge in [0.1, 0.15) is 11.9 Å². The SMILES string of the molecule is OC1CC(Oc2ccc(Cl)cc2Cl)C1. The van der Waals surface area contributed by atoms with Crippen LogP contribution in [0.5, 0.6) is 5.75 Å². The van der Waals surface area contributed by atoms with Gasteiger partial charge in [-0.25, -0.2) is 0 Å². The second-order valence-electron chi connectivity index (χ2n) is 3.44. The van der Waals surface area contributed by atoms with Gasteiger partial charge in [0.2, 0.25) is 0 Å². The van der Waals surface area contributed by atoms with Crippen LogP contribution in [0.1, 0.15) is 12.8 Å². The minimum atomic E-state index is -0.217. The summed E-state index contributed by atoms with van der Waals surface area (Å²) >= 11 is 11.7. The molecule has 4 heteroatoms. The predicted molar refractivity (Wildman–Crippen MR) is 56.1 cm³/mol. The summed E-state index contributed by atoms with van der Waals surface area (Å²) in [5.74, 6) is 0.632. The highest BCUT2D eigenvalue weighted by molar-refractivity contribution is 6.35. The first-order valence-corrected chi connectivity index (χ1v) is 5.20. The van der Waals surface area contributed by atoms with Crippen LogP contribution in [0.4, 0.5) is 0 Å². The fraction of sp³-hybridized carbons (Fsp3) is 0.400. The molecule has 0 aliphatic heterocycles. The van der Waals surface area contributed by atoms with Crippen molar-refractivity contribution in [2.24, 2.45) is 0 Å². The Morgan fingerprint density at radius 3 is 2.57 bits per heavy atom. The third-order valence-corrected chi connectivity index (χ3v) is 2.79. The van der Waals surface area contributed by atoms with Crippen molar-refractivity contribution in [3.8, 4) is 5.75 Å². The topological polar surface area (TPSA) is 29.5 Å². The van der Waals surface area contributed by atoms with Crippen molar-refractivity contribution in [3.63, 3.8) is 0 Å². The molecule has 0 spiro atoms. The van der Waals surface area contributed by atoms with Crippen molar-refractivity contribution < 1.29 is 9.84 Å². The lowest BCUT2D eigenvalue weighted by atomic mass is 9.92. The van der Waals surface area contributed by atoms with Crippen molar-refractivity contribution in [1.82, 2.24) is 0 Å². The lowest BCUT2D eigenvalue weighted by Crippen LogP contribution is -2.37. The smallest absolute Gasteiger partial charge is 0.138 e. The molecule has 14 heavy (non-hydrogen) atoms. The van der Waals surface area contributed by atoms with Gasteiger partial charge in [0.05, 0.1) is 11.1 Å². The Labute approximate surface area is 92.4 Å². The highest BCUT2D eigenvalue weighted by atomic mass is 35.5. The van der Waals surface area contributed by atoms with Crippen LogP contribution in [0.25, 0.3) is 0 Å². The zero-order chi connectivity index (χ0) is 10.1. The molecule has 0 saturated heterocycles. The average molecular weight is 233 g/mol. The minimum Gasteiger partial charge on any atom is -0.489 e. The summed E-state index contributed by atoms with van der Waals surface area (Å²) in [5.41, 5.74) is 0. The summed E-state index contributed by atoms with van der Waals surface area (Å²) in [6.07, 6.45) is 1.23. The maximum atomic E-state index is 9.08. The summed E-state index contributed by atoms with van der Waals surface area (Å²) in [4.78, 5) is 0. The zero-order valence-corrected chi connectivity index (χ0v) is 8.92. The molecular weight excluding hydrogens is 223 g/mol. The molecule has 1 aromatic rings. The summed E-state index contributed by atoms with van der Waals surface area (Å²) in [5, 5.41) is 10.2. The number of hydrogen-bond acceptors (Lipinski definition) is 2. The highest BCUT2D eigenvalue weighted by Crippen LogP contribution is 2.32. The van der Waals surface area contributed by atoms with Crippen LogP contribution >= 0.6 is 23.2 Å². The number of aliphatic hydroxyl groups excluding tert-OH is 1. The Bertz CT molecular complexity index is 335. The first kappa shape index (κ1) is 10.1. The largest absolute Gasteiger partial charge is 0.489 e. The molecule has 2 rings (SSSR count). The molecule has 0 bridgehead atoms. The number of rotatable bonds is 2. The van der Waals surface area contributed by atoms with Gasteiger partial charge in [0.15, 0.2) is 0 Å². The molecule has 1 fully saturated rings. The highest BCUT2D eigenvalue weighted by Gasteiger charge is 2.29. The normalized spacial score (nSPS) is 25.6. The van der Waals surface area contributed by atoms with E-state index in [9.17, 15) is 0 Å². The monoisotopic (exact) mass is 232 g/mol. The van der Waals surface area contributed by atoms with Crippen LogP contribution in [0, 0.1) is 0 Å². The average Bonchev–Trinajstić information content (AvgIpc) is 2.06. The maximum Gasteiger partial charge on any atom is 0.138 e. The van der Waals surface area contributed by atoms with Gasteiger partial charge >= 0.3 is 0 Å². The van der Waals surface area contributed by atoms with E-state index in [1.54, 1.807) is 18.2 Å². The van der Waals surface area contributed by atoms with Gasteiger partial charge in [-0.3, -0.25) is 0 Å². The van der Waals surface area contributed by atoms with Crippen LogP contribution in [0.2, 0.25) is 10.0 Å². The zero-order valence-electron chi connectivity index (χ0n) is 7.41. The molecule has 0 unspecified atom stereocenters. The molecule has 1 aliphatic carbocycles. The molecule has 1 saturated carbocycles. The Morgan fingerprint density at radius 2 is 2.00 bits per heavy atom. The Hall–Kier alpha value is -0.440. The van der Waals surface area contributed by atoms with Crippen LogP contribution in [0.15, 0.2) is 18.2 Å². The van der Waals surface area contributed by atoms with E-state index in [0.29, 0.717) is 28.6 Å². The number of hydrogen-bond donors (Lipinski definition) is 1. The third kappa shape index (κ3) is 2.14. The van der Waals surface area contributed by atoms with Crippen molar-refractivity contribution in [3.05, 3.63) is 28.2 Å². The van der Waals surface area contributed by atoms with Gasteiger partial charge in [-0.2, -0.15) is 0 Å². The maximum absolute atomic E-state index is 9.08. The van der Waals surface area contributed by atoms with Crippen LogP contribution in [0.3, 0.4) is 0 Å². The quantitative estimate of drug-likeness (QED) is 0.850. The van der Waals surface area contributed by atoms with E-state index in [-0.39, 0.29) is 12.2 Å². The van der Waals surface area contributed by atoms with E-state index in [4.69, 9.17) is 33.0 Å². The Morgan fingerprint density at radius 1 is 1.29 bits per heavy atom. The van der Waals surface area contributed by atoms with Crippen LogP contribution in [-0.2, 0) is 0 Å². The molecule has 0 heterocycles. The molecule has 0 aromatic heterocycles. The van der Waals surface area contributed by atoms with E-state index in [1.165, 1.54) is 0 Å². The van der Waals surface area contributed by atoms with Crippen LogP contribution in [-0.4, -0.2) is 17.3 Å². The van der Waals surface area contributed by atoms with Gasteiger partial charge < -0.3 is 9.84 Å². The molecule has 0 atom stereocenters. The minimum absolute atomic E-state index is 0.0867. The van der Waals surface area contributed by atoms with Gasteiger partial charge in [0.25, 0.3) is 0 Å². The van der Waals surface area contributed by atoms with Gasteiger partial charge in [-0.15, -0.1) is 0 Å². The summed E-state index contributed by atoms with van der Waals surface area (Å²) < 4.78 is 5.56. The van der Waals surface area contributed by atoms with Gasteiger partial charge in [0, 0.05) is 17.9 Å². The summed E-state index contributed by atoms with van der Waals surface area (Å²) in [6.45, 7) is 0. The Balaban J connectivity index is 2.02. The van der Waals surface area contributed by atoms with E-state index in [0.717, 1.165) is 0 Å². The standard InChI is InChI=1S/C10H10Cl2O2/c11-6-1-2-10(9(12)3-6)14-8-4-7(13)5-8/h1-3,7-8,13H,4-5H2. The van der Waals surface area contributed by atoms with E-state index < -0.39 is 0 Å². The molecule has 0 radical (unpaired) electrons. The molecular formula is C10H10Cl2O2. The molecule has 1 aromatic carbocycles. The number of aliphatic hydroxyl groups is 1. The first-order valence-electron chi connectivity index (χ1n) is 4.45. The van der Waals surface area contributed by atoms with Crippen LogP contribution < -0.4 is 4.74 Å².